The topological polar surface area (TPSA) is 50.2 Å². The smallest absolute Gasteiger partial charge is 0.217 e. The average molecular weight is 409 g/mol. The molecule has 1 amide bonds. The van der Waals surface area contributed by atoms with Crippen LogP contribution in [0.4, 0.5) is 4.39 Å². The Bertz CT molecular complexity index is 1050. The summed E-state index contributed by atoms with van der Waals surface area (Å²) < 4.78 is 16.9. The third-order valence-corrected chi connectivity index (χ3v) is 6.06. The molecule has 1 aliphatic heterocycles. The summed E-state index contributed by atoms with van der Waals surface area (Å²) in [6, 6.07) is 15.3. The number of hydrogen-bond donors (Lipinski definition) is 1. The summed E-state index contributed by atoms with van der Waals surface area (Å²) in [5, 5.41) is 3.06. The van der Waals surface area contributed by atoms with Gasteiger partial charge in [0.25, 0.3) is 0 Å². The lowest BCUT2D eigenvalue weighted by molar-refractivity contribution is -0.121. The van der Waals surface area contributed by atoms with Gasteiger partial charge in [-0.25, -0.2) is 9.37 Å². The Hall–Kier alpha value is -2.73. The monoisotopic (exact) mass is 408 g/mol. The molecule has 4 rings (SSSR count). The van der Waals surface area contributed by atoms with E-state index in [0.29, 0.717) is 24.4 Å². The number of amides is 1. The Morgan fingerprint density at radius 1 is 1.13 bits per heavy atom. The third kappa shape index (κ3) is 3.84. The number of hydrogen-bond acceptors (Lipinski definition) is 3. The molecule has 5 nitrogen and oxygen atoms in total. The molecule has 1 aliphatic rings. The molecule has 0 aliphatic carbocycles. The number of nitrogens with one attached hydrogen (secondary N) is 1. The van der Waals surface area contributed by atoms with Gasteiger partial charge in [0.2, 0.25) is 5.91 Å². The quantitative estimate of drug-likeness (QED) is 0.681. The number of carbonyl (C=O) groups excluding carboxylic acids is 1. The Morgan fingerprint density at radius 3 is 2.47 bits per heavy atom. The van der Waals surface area contributed by atoms with E-state index in [1.54, 1.807) is 12.1 Å². The molecule has 0 unspecified atom stereocenters. The lowest BCUT2D eigenvalue weighted by Crippen LogP contribution is -2.53. The Morgan fingerprint density at radius 2 is 1.80 bits per heavy atom. The predicted octanol–water partition coefficient (Wildman–Crippen LogP) is 4.38. The number of piperidine rings is 1. The molecule has 0 saturated carbocycles. The number of rotatable bonds is 5. The van der Waals surface area contributed by atoms with Crippen LogP contribution in [0, 0.1) is 5.82 Å². The van der Waals surface area contributed by atoms with Crippen LogP contribution in [-0.4, -0.2) is 33.4 Å². The van der Waals surface area contributed by atoms with Crippen molar-refractivity contribution in [1.29, 1.82) is 0 Å². The molecule has 3 aromatic rings. The van der Waals surface area contributed by atoms with E-state index in [2.05, 4.69) is 34.7 Å². The summed E-state index contributed by atoms with van der Waals surface area (Å²) in [5.74, 6) is 0.652. The van der Waals surface area contributed by atoms with Gasteiger partial charge in [-0.05, 0) is 44.9 Å². The number of halogens is 1. The molecule has 0 atom stereocenters. The van der Waals surface area contributed by atoms with Crippen molar-refractivity contribution in [3.05, 3.63) is 65.7 Å². The SMILES string of the molecule is CC(=O)NC1(c2ccccc2F)CCN(Cc2nc3ccccc3n2C(C)C)CC1. The standard InChI is InChI=1S/C24H29FN4O/c1-17(2)29-22-11-7-6-10-21(22)26-23(29)16-28-14-12-24(13-15-28,27-18(3)30)19-8-4-5-9-20(19)25/h4-11,17H,12-16H2,1-3H3,(H,27,30). The lowest BCUT2D eigenvalue weighted by Gasteiger charge is -2.42. The zero-order valence-corrected chi connectivity index (χ0v) is 17.9. The summed E-state index contributed by atoms with van der Waals surface area (Å²) in [7, 11) is 0. The summed E-state index contributed by atoms with van der Waals surface area (Å²) in [6.45, 7) is 8.10. The second-order valence-electron chi connectivity index (χ2n) is 8.50. The number of para-hydroxylation sites is 2. The van der Waals surface area contributed by atoms with Crippen molar-refractivity contribution in [2.45, 2.75) is 51.7 Å². The van der Waals surface area contributed by atoms with Crippen LogP contribution in [0.25, 0.3) is 11.0 Å². The fourth-order valence-electron chi connectivity index (χ4n) is 4.72. The zero-order chi connectivity index (χ0) is 21.3. The van der Waals surface area contributed by atoms with Crippen LogP contribution in [0.2, 0.25) is 0 Å². The van der Waals surface area contributed by atoms with Crippen LogP contribution in [0.3, 0.4) is 0 Å². The van der Waals surface area contributed by atoms with Gasteiger partial charge in [-0.3, -0.25) is 9.69 Å². The highest BCUT2D eigenvalue weighted by molar-refractivity contribution is 5.76. The molecule has 2 heterocycles. The van der Waals surface area contributed by atoms with E-state index in [1.807, 2.05) is 24.3 Å². The van der Waals surface area contributed by atoms with E-state index in [1.165, 1.54) is 13.0 Å². The van der Waals surface area contributed by atoms with E-state index in [-0.39, 0.29) is 11.7 Å². The van der Waals surface area contributed by atoms with Crippen molar-refractivity contribution < 1.29 is 9.18 Å². The molecule has 0 bridgehead atoms. The largest absolute Gasteiger partial charge is 0.347 e. The van der Waals surface area contributed by atoms with Gasteiger partial charge in [0.05, 0.1) is 23.1 Å². The number of likely N-dealkylation sites (tertiary alicyclic amines) is 1. The summed E-state index contributed by atoms with van der Waals surface area (Å²) in [5.41, 5.74) is 2.08. The predicted molar refractivity (Wildman–Crippen MR) is 117 cm³/mol. The molecule has 158 valence electrons. The first kappa shape index (κ1) is 20.5. The molecule has 0 radical (unpaired) electrons. The number of fused-ring (bicyclic) bond motifs is 1. The van der Waals surface area contributed by atoms with Gasteiger partial charge in [0, 0.05) is 31.6 Å². The molecule has 1 aromatic heterocycles. The number of aromatic nitrogens is 2. The fourth-order valence-corrected chi connectivity index (χ4v) is 4.72. The molecule has 30 heavy (non-hydrogen) atoms. The maximum Gasteiger partial charge on any atom is 0.217 e. The van der Waals surface area contributed by atoms with Gasteiger partial charge in [0.15, 0.2) is 0 Å². The normalized spacial score (nSPS) is 16.8. The van der Waals surface area contributed by atoms with E-state index in [9.17, 15) is 9.18 Å². The van der Waals surface area contributed by atoms with Crippen LogP contribution in [0.1, 0.15) is 51.0 Å². The average Bonchev–Trinajstić information content (AvgIpc) is 3.07. The lowest BCUT2D eigenvalue weighted by atomic mass is 9.80. The third-order valence-electron chi connectivity index (χ3n) is 6.06. The van der Waals surface area contributed by atoms with Crippen molar-refractivity contribution in [3.8, 4) is 0 Å². The van der Waals surface area contributed by atoms with E-state index in [4.69, 9.17) is 4.98 Å². The van der Waals surface area contributed by atoms with Crippen molar-refractivity contribution in [3.63, 3.8) is 0 Å². The van der Waals surface area contributed by atoms with Crippen molar-refractivity contribution >= 4 is 16.9 Å². The molecule has 1 N–H and O–H groups in total. The van der Waals surface area contributed by atoms with Crippen molar-refractivity contribution in [1.82, 2.24) is 19.8 Å². The van der Waals surface area contributed by atoms with Crippen LogP contribution < -0.4 is 5.32 Å². The maximum absolute atomic E-state index is 14.6. The van der Waals surface area contributed by atoms with Gasteiger partial charge < -0.3 is 9.88 Å². The van der Waals surface area contributed by atoms with Gasteiger partial charge in [-0.2, -0.15) is 0 Å². The number of imidazole rings is 1. The maximum atomic E-state index is 14.6. The molecule has 2 aromatic carbocycles. The fraction of sp³-hybridized carbons (Fsp3) is 0.417. The minimum absolute atomic E-state index is 0.131. The molecule has 6 heteroatoms. The van der Waals surface area contributed by atoms with Gasteiger partial charge in [-0.15, -0.1) is 0 Å². The highest BCUT2D eigenvalue weighted by Crippen LogP contribution is 2.35. The first-order valence-corrected chi connectivity index (χ1v) is 10.6. The number of carbonyl (C=O) groups is 1. The molecule has 1 fully saturated rings. The van der Waals surface area contributed by atoms with Crippen LogP contribution >= 0.6 is 0 Å². The van der Waals surface area contributed by atoms with E-state index >= 15 is 0 Å². The minimum atomic E-state index is -0.661. The number of nitrogens with zero attached hydrogens (tertiary/aromatic N) is 3. The Balaban J connectivity index is 1.57. The van der Waals surface area contributed by atoms with Gasteiger partial charge in [0.1, 0.15) is 11.6 Å². The van der Waals surface area contributed by atoms with Crippen molar-refractivity contribution in [2.24, 2.45) is 0 Å². The van der Waals surface area contributed by atoms with Crippen LogP contribution in [0.15, 0.2) is 48.5 Å². The summed E-state index contributed by atoms with van der Waals surface area (Å²) in [6.07, 6.45) is 1.32. The molecule has 1 saturated heterocycles. The first-order valence-electron chi connectivity index (χ1n) is 10.6. The van der Waals surface area contributed by atoms with Crippen LogP contribution in [0.5, 0.6) is 0 Å². The minimum Gasteiger partial charge on any atom is -0.347 e. The van der Waals surface area contributed by atoms with Gasteiger partial charge in [-0.1, -0.05) is 30.3 Å². The van der Waals surface area contributed by atoms with Gasteiger partial charge >= 0.3 is 0 Å². The highest BCUT2D eigenvalue weighted by atomic mass is 19.1. The molecule has 0 spiro atoms. The number of benzene rings is 2. The zero-order valence-electron chi connectivity index (χ0n) is 17.9. The molecular formula is C24H29FN4O. The first-order chi connectivity index (χ1) is 14.4. The van der Waals surface area contributed by atoms with Crippen LogP contribution in [-0.2, 0) is 16.9 Å². The Kier molecular flexibility index (Phi) is 5.60. The highest BCUT2D eigenvalue weighted by Gasteiger charge is 2.39. The Labute approximate surface area is 176 Å². The van der Waals surface area contributed by atoms with E-state index < -0.39 is 5.54 Å². The summed E-state index contributed by atoms with van der Waals surface area (Å²) in [4.78, 5) is 19.2. The van der Waals surface area contributed by atoms with E-state index in [0.717, 1.165) is 36.5 Å². The second-order valence-corrected chi connectivity index (χ2v) is 8.50. The second kappa shape index (κ2) is 8.19. The van der Waals surface area contributed by atoms with Crippen molar-refractivity contribution in [2.75, 3.05) is 13.1 Å². The summed E-state index contributed by atoms with van der Waals surface area (Å²) >= 11 is 0. The molecular weight excluding hydrogens is 379 g/mol.